The Balaban J connectivity index is 0.00000144. The SMILES string of the molecule is Cc1ccccc1CNCC1CCNCC1.Cl. The molecule has 0 unspecified atom stereocenters. The Bertz CT molecular complexity index is 322. The van der Waals surface area contributed by atoms with Crippen LogP contribution in [0, 0.1) is 12.8 Å². The summed E-state index contributed by atoms with van der Waals surface area (Å²) in [7, 11) is 0. The zero-order valence-corrected chi connectivity index (χ0v) is 11.4. The van der Waals surface area contributed by atoms with Crippen molar-refractivity contribution in [1.29, 1.82) is 0 Å². The van der Waals surface area contributed by atoms with Crippen LogP contribution in [-0.2, 0) is 6.54 Å². The molecular formula is C14H23ClN2. The number of piperidine rings is 1. The van der Waals surface area contributed by atoms with Gasteiger partial charge in [0.2, 0.25) is 0 Å². The third-order valence-electron chi connectivity index (χ3n) is 3.47. The number of hydrogen-bond acceptors (Lipinski definition) is 2. The van der Waals surface area contributed by atoms with Crippen LogP contribution in [0.2, 0.25) is 0 Å². The number of benzene rings is 1. The van der Waals surface area contributed by atoms with Crippen molar-refractivity contribution in [3.63, 3.8) is 0 Å². The molecule has 1 aromatic rings. The summed E-state index contributed by atoms with van der Waals surface area (Å²) in [6.45, 7) is 6.74. The molecule has 1 aliphatic heterocycles. The maximum absolute atomic E-state index is 3.58. The van der Waals surface area contributed by atoms with Gasteiger partial charge in [-0.05, 0) is 56.4 Å². The highest BCUT2D eigenvalue weighted by atomic mass is 35.5. The molecule has 17 heavy (non-hydrogen) atoms. The van der Waals surface area contributed by atoms with Crippen LogP contribution >= 0.6 is 12.4 Å². The first-order chi connectivity index (χ1) is 7.86. The van der Waals surface area contributed by atoms with E-state index in [0.29, 0.717) is 0 Å². The molecule has 1 fully saturated rings. The van der Waals surface area contributed by atoms with Crippen molar-refractivity contribution in [2.45, 2.75) is 26.3 Å². The Kier molecular flexibility index (Phi) is 6.56. The van der Waals surface area contributed by atoms with E-state index in [0.717, 1.165) is 19.0 Å². The van der Waals surface area contributed by atoms with Gasteiger partial charge in [0, 0.05) is 6.54 Å². The van der Waals surface area contributed by atoms with E-state index >= 15 is 0 Å². The lowest BCUT2D eigenvalue weighted by Crippen LogP contribution is -2.33. The van der Waals surface area contributed by atoms with Crippen LogP contribution in [0.5, 0.6) is 0 Å². The summed E-state index contributed by atoms with van der Waals surface area (Å²) in [5.41, 5.74) is 2.82. The minimum atomic E-state index is 0. The molecule has 1 heterocycles. The molecule has 1 aromatic carbocycles. The second-order valence-electron chi connectivity index (χ2n) is 4.75. The second-order valence-corrected chi connectivity index (χ2v) is 4.75. The normalized spacial score (nSPS) is 16.5. The fourth-order valence-corrected chi connectivity index (χ4v) is 2.31. The minimum Gasteiger partial charge on any atom is -0.317 e. The molecule has 0 aliphatic carbocycles. The number of nitrogens with one attached hydrogen (secondary N) is 2. The second kappa shape index (κ2) is 7.70. The molecule has 0 aromatic heterocycles. The predicted octanol–water partition coefficient (Wildman–Crippen LogP) is 2.51. The molecule has 1 saturated heterocycles. The molecular weight excluding hydrogens is 232 g/mol. The third-order valence-corrected chi connectivity index (χ3v) is 3.47. The maximum Gasteiger partial charge on any atom is 0.0208 e. The average molecular weight is 255 g/mol. The molecule has 2 N–H and O–H groups in total. The monoisotopic (exact) mass is 254 g/mol. The van der Waals surface area contributed by atoms with Gasteiger partial charge >= 0.3 is 0 Å². The van der Waals surface area contributed by atoms with Gasteiger partial charge in [0.1, 0.15) is 0 Å². The molecule has 2 rings (SSSR count). The highest BCUT2D eigenvalue weighted by Gasteiger charge is 2.11. The van der Waals surface area contributed by atoms with Gasteiger partial charge in [-0.1, -0.05) is 24.3 Å². The largest absolute Gasteiger partial charge is 0.317 e. The fourth-order valence-electron chi connectivity index (χ4n) is 2.31. The van der Waals surface area contributed by atoms with Crippen LogP contribution in [0.25, 0.3) is 0 Å². The van der Waals surface area contributed by atoms with Gasteiger partial charge in [0.05, 0.1) is 0 Å². The van der Waals surface area contributed by atoms with Crippen LogP contribution in [0.4, 0.5) is 0 Å². The quantitative estimate of drug-likeness (QED) is 0.863. The van der Waals surface area contributed by atoms with Crippen LogP contribution < -0.4 is 10.6 Å². The van der Waals surface area contributed by atoms with E-state index in [2.05, 4.69) is 41.8 Å². The van der Waals surface area contributed by atoms with E-state index < -0.39 is 0 Å². The molecule has 3 heteroatoms. The first kappa shape index (κ1) is 14.5. The Morgan fingerprint density at radius 2 is 1.94 bits per heavy atom. The molecule has 1 aliphatic rings. The standard InChI is InChI=1S/C14H22N2.ClH/c1-12-4-2-3-5-14(12)11-16-10-13-6-8-15-9-7-13;/h2-5,13,15-16H,6-11H2,1H3;1H. The lowest BCUT2D eigenvalue weighted by Gasteiger charge is -2.23. The van der Waals surface area contributed by atoms with Crippen molar-refractivity contribution >= 4 is 12.4 Å². The zero-order chi connectivity index (χ0) is 11.2. The summed E-state index contributed by atoms with van der Waals surface area (Å²) < 4.78 is 0. The van der Waals surface area contributed by atoms with E-state index in [9.17, 15) is 0 Å². The molecule has 0 saturated carbocycles. The van der Waals surface area contributed by atoms with Gasteiger partial charge in [0.25, 0.3) is 0 Å². The molecule has 0 spiro atoms. The number of halogens is 1. The van der Waals surface area contributed by atoms with Crippen LogP contribution in [0.1, 0.15) is 24.0 Å². The van der Waals surface area contributed by atoms with Gasteiger partial charge in [0.15, 0.2) is 0 Å². The lowest BCUT2D eigenvalue weighted by atomic mass is 9.98. The average Bonchev–Trinajstić information content (AvgIpc) is 2.33. The van der Waals surface area contributed by atoms with Crippen molar-refractivity contribution in [2.75, 3.05) is 19.6 Å². The molecule has 2 nitrogen and oxygen atoms in total. The highest BCUT2D eigenvalue weighted by Crippen LogP contribution is 2.11. The molecule has 0 bridgehead atoms. The summed E-state index contributed by atoms with van der Waals surface area (Å²) in [6.07, 6.45) is 2.64. The number of rotatable bonds is 4. The number of aryl methyl sites for hydroxylation is 1. The highest BCUT2D eigenvalue weighted by molar-refractivity contribution is 5.85. The number of hydrogen-bond donors (Lipinski definition) is 2. The molecule has 96 valence electrons. The fraction of sp³-hybridized carbons (Fsp3) is 0.571. The minimum absolute atomic E-state index is 0. The third kappa shape index (κ3) is 4.66. The van der Waals surface area contributed by atoms with Crippen LogP contribution in [0.15, 0.2) is 24.3 Å². The predicted molar refractivity (Wildman–Crippen MR) is 75.7 cm³/mol. The topological polar surface area (TPSA) is 24.1 Å². The van der Waals surface area contributed by atoms with Crippen molar-refractivity contribution in [3.8, 4) is 0 Å². The van der Waals surface area contributed by atoms with E-state index in [1.807, 2.05) is 0 Å². The molecule has 0 radical (unpaired) electrons. The van der Waals surface area contributed by atoms with Crippen LogP contribution in [0.3, 0.4) is 0 Å². The Morgan fingerprint density at radius 3 is 2.65 bits per heavy atom. The van der Waals surface area contributed by atoms with Gasteiger partial charge in [-0.15, -0.1) is 12.4 Å². The Morgan fingerprint density at radius 1 is 1.24 bits per heavy atom. The summed E-state index contributed by atoms with van der Waals surface area (Å²) >= 11 is 0. The summed E-state index contributed by atoms with van der Waals surface area (Å²) in [6, 6.07) is 8.62. The van der Waals surface area contributed by atoms with Gasteiger partial charge in [-0.25, -0.2) is 0 Å². The summed E-state index contributed by atoms with van der Waals surface area (Å²) in [4.78, 5) is 0. The van der Waals surface area contributed by atoms with Crippen molar-refractivity contribution in [1.82, 2.24) is 10.6 Å². The Hall–Kier alpha value is -0.570. The maximum atomic E-state index is 3.58. The van der Waals surface area contributed by atoms with Gasteiger partial charge in [-0.3, -0.25) is 0 Å². The van der Waals surface area contributed by atoms with Crippen molar-refractivity contribution in [2.24, 2.45) is 5.92 Å². The summed E-state index contributed by atoms with van der Waals surface area (Å²) in [5, 5.41) is 6.99. The first-order valence-electron chi connectivity index (χ1n) is 6.32. The first-order valence-corrected chi connectivity index (χ1v) is 6.32. The van der Waals surface area contributed by atoms with Crippen molar-refractivity contribution < 1.29 is 0 Å². The van der Waals surface area contributed by atoms with E-state index in [4.69, 9.17) is 0 Å². The molecule has 0 amide bonds. The zero-order valence-electron chi connectivity index (χ0n) is 10.5. The van der Waals surface area contributed by atoms with Crippen LogP contribution in [-0.4, -0.2) is 19.6 Å². The van der Waals surface area contributed by atoms with E-state index in [1.165, 1.54) is 37.1 Å². The van der Waals surface area contributed by atoms with Crippen molar-refractivity contribution in [3.05, 3.63) is 35.4 Å². The summed E-state index contributed by atoms with van der Waals surface area (Å²) in [5.74, 6) is 0.866. The van der Waals surface area contributed by atoms with E-state index in [1.54, 1.807) is 0 Å². The smallest absolute Gasteiger partial charge is 0.0208 e. The van der Waals surface area contributed by atoms with Gasteiger partial charge < -0.3 is 10.6 Å². The molecule has 0 atom stereocenters. The van der Waals surface area contributed by atoms with Gasteiger partial charge in [-0.2, -0.15) is 0 Å². The Labute approximate surface area is 111 Å². The lowest BCUT2D eigenvalue weighted by molar-refractivity contribution is 0.356. The van der Waals surface area contributed by atoms with E-state index in [-0.39, 0.29) is 12.4 Å².